The van der Waals surface area contributed by atoms with E-state index in [0.29, 0.717) is 39.6 Å². The van der Waals surface area contributed by atoms with Crippen LogP contribution in [-0.4, -0.2) is 32.3 Å². The standard InChI is InChI=1S/C18H21NO5/c1-10-6-13(7-11(2)16(10)20)19-18(21)12-8-14(22-3)17(24-5)15(9-12)23-4/h6-9,20H,1-5H3,(H,19,21). The highest BCUT2D eigenvalue weighted by Gasteiger charge is 2.17. The number of phenols is 1. The molecule has 0 radical (unpaired) electrons. The van der Waals surface area contributed by atoms with Crippen molar-refractivity contribution in [1.82, 2.24) is 0 Å². The van der Waals surface area contributed by atoms with E-state index in [-0.39, 0.29) is 11.7 Å². The molecule has 6 nitrogen and oxygen atoms in total. The van der Waals surface area contributed by atoms with Crippen LogP contribution in [0, 0.1) is 13.8 Å². The molecule has 0 saturated heterocycles. The Morgan fingerprint density at radius 1 is 0.917 bits per heavy atom. The van der Waals surface area contributed by atoms with Crippen LogP contribution in [0.1, 0.15) is 21.5 Å². The van der Waals surface area contributed by atoms with Crippen molar-refractivity contribution in [3.05, 3.63) is 41.0 Å². The number of aryl methyl sites for hydroxylation is 2. The molecule has 2 rings (SSSR count). The summed E-state index contributed by atoms with van der Waals surface area (Å²) in [6.45, 7) is 3.55. The molecule has 24 heavy (non-hydrogen) atoms. The van der Waals surface area contributed by atoms with Gasteiger partial charge >= 0.3 is 0 Å². The van der Waals surface area contributed by atoms with E-state index in [1.54, 1.807) is 38.1 Å². The van der Waals surface area contributed by atoms with Crippen LogP contribution in [0.15, 0.2) is 24.3 Å². The van der Waals surface area contributed by atoms with Gasteiger partial charge < -0.3 is 24.6 Å². The maximum atomic E-state index is 12.5. The van der Waals surface area contributed by atoms with Gasteiger partial charge in [0.2, 0.25) is 5.75 Å². The zero-order valence-electron chi connectivity index (χ0n) is 14.4. The monoisotopic (exact) mass is 331 g/mol. The summed E-state index contributed by atoms with van der Waals surface area (Å²) in [7, 11) is 4.49. The third-order valence-corrected chi connectivity index (χ3v) is 3.68. The van der Waals surface area contributed by atoms with Crippen molar-refractivity contribution in [2.45, 2.75) is 13.8 Å². The average molecular weight is 331 g/mol. The molecule has 128 valence electrons. The molecule has 0 aromatic heterocycles. The predicted molar refractivity (Wildman–Crippen MR) is 91.6 cm³/mol. The molecular formula is C18H21NO5. The third kappa shape index (κ3) is 3.37. The van der Waals surface area contributed by atoms with E-state index in [4.69, 9.17) is 14.2 Å². The van der Waals surface area contributed by atoms with Gasteiger partial charge in [0.05, 0.1) is 21.3 Å². The zero-order chi connectivity index (χ0) is 17.9. The quantitative estimate of drug-likeness (QED) is 0.822. The first-order valence-electron chi connectivity index (χ1n) is 7.32. The second-order valence-corrected chi connectivity index (χ2v) is 5.33. The predicted octanol–water partition coefficient (Wildman–Crippen LogP) is 3.29. The van der Waals surface area contributed by atoms with Crippen molar-refractivity contribution in [2.75, 3.05) is 26.6 Å². The lowest BCUT2D eigenvalue weighted by atomic mass is 10.1. The number of carbonyl (C=O) groups is 1. The van der Waals surface area contributed by atoms with Crippen LogP contribution in [0.3, 0.4) is 0 Å². The molecule has 0 aliphatic carbocycles. The summed E-state index contributed by atoms with van der Waals surface area (Å²) in [5, 5.41) is 12.6. The van der Waals surface area contributed by atoms with Crippen molar-refractivity contribution in [1.29, 1.82) is 0 Å². The first-order valence-corrected chi connectivity index (χ1v) is 7.32. The number of amides is 1. The Bertz CT molecular complexity index is 722. The molecule has 0 spiro atoms. The van der Waals surface area contributed by atoms with Gasteiger partial charge in [0.1, 0.15) is 5.75 Å². The van der Waals surface area contributed by atoms with Crippen LogP contribution in [0.25, 0.3) is 0 Å². The van der Waals surface area contributed by atoms with Gasteiger partial charge in [0.25, 0.3) is 5.91 Å². The molecule has 2 aromatic rings. The highest BCUT2D eigenvalue weighted by atomic mass is 16.5. The molecule has 0 fully saturated rings. The van der Waals surface area contributed by atoms with E-state index < -0.39 is 0 Å². The number of benzene rings is 2. The lowest BCUT2D eigenvalue weighted by molar-refractivity contribution is 0.102. The van der Waals surface area contributed by atoms with Crippen LogP contribution in [0.5, 0.6) is 23.0 Å². The van der Waals surface area contributed by atoms with E-state index in [0.717, 1.165) is 0 Å². The number of methoxy groups -OCH3 is 3. The van der Waals surface area contributed by atoms with Crippen molar-refractivity contribution in [2.24, 2.45) is 0 Å². The Morgan fingerprint density at radius 2 is 1.42 bits per heavy atom. The van der Waals surface area contributed by atoms with E-state index in [9.17, 15) is 9.90 Å². The minimum absolute atomic E-state index is 0.223. The number of hydrogen-bond donors (Lipinski definition) is 2. The minimum Gasteiger partial charge on any atom is -0.507 e. The second-order valence-electron chi connectivity index (χ2n) is 5.33. The molecule has 0 aliphatic heterocycles. The minimum atomic E-state index is -0.321. The number of carbonyl (C=O) groups excluding carboxylic acids is 1. The molecule has 0 atom stereocenters. The fourth-order valence-electron chi connectivity index (χ4n) is 2.44. The molecule has 0 unspecified atom stereocenters. The first kappa shape index (κ1) is 17.5. The van der Waals surface area contributed by atoms with Crippen molar-refractivity contribution < 1.29 is 24.1 Å². The normalized spacial score (nSPS) is 10.2. The number of hydrogen-bond acceptors (Lipinski definition) is 5. The highest BCUT2D eigenvalue weighted by molar-refractivity contribution is 6.05. The second kappa shape index (κ2) is 7.12. The first-order chi connectivity index (χ1) is 11.4. The maximum absolute atomic E-state index is 12.5. The lowest BCUT2D eigenvalue weighted by Gasteiger charge is -2.14. The van der Waals surface area contributed by atoms with Gasteiger partial charge in [-0.1, -0.05) is 0 Å². The number of rotatable bonds is 5. The summed E-state index contributed by atoms with van der Waals surface area (Å²) in [6.07, 6.45) is 0. The molecule has 0 heterocycles. The van der Waals surface area contributed by atoms with Crippen LogP contribution < -0.4 is 19.5 Å². The van der Waals surface area contributed by atoms with Crippen LogP contribution in [0.2, 0.25) is 0 Å². The number of ether oxygens (including phenoxy) is 3. The Labute approximate surface area is 141 Å². The summed E-state index contributed by atoms with van der Waals surface area (Å²) in [5.74, 6) is 1.13. The topological polar surface area (TPSA) is 77.0 Å². The summed E-state index contributed by atoms with van der Waals surface area (Å²) in [4.78, 5) is 12.5. The zero-order valence-corrected chi connectivity index (χ0v) is 14.4. The van der Waals surface area contributed by atoms with Crippen molar-refractivity contribution in [3.8, 4) is 23.0 Å². The number of aromatic hydroxyl groups is 1. The van der Waals surface area contributed by atoms with Crippen molar-refractivity contribution >= 4 is 11.6 Å². The fraction of sp³-hybridized carbons (Fsp3) is 0.278. The van der Waals surface area contributed by atoms with Gasteiger partial charge in [-0.15, -0.1) is 0 Å². The number of phenolic OH excluding ortho intramolecular Hbond substituents is 1. The maximum Gasteiger partial charge on any atom is 0.255 e. The summed E-state index contributed by atoms with van der Waals surface area (Å²) in [6, 6.07) is 6.57. The van der Waals surface area contributed by atoms with Gasteiger partial charge in [-0.05, 0) is 49.2 Å². The smallest absolute Gasteiger partial charge is 0.255 e. The summed E-state index contributed by atoms with van der Waals surface area (Å²) >= 11 is 0. The van der Waals surface area contributed by atoms with E-state index in [1.165, 1.54) is 21.3 Å². The van der Waals surface area contributed by atoms with Crippen LogP contribution in [-0.2, 0) is 0 Å². The number of nitrogens with one attached hydrogen (secondary N) is 1. The fourth-order valence-corrected chi connectivity index (χ4v) is 2.44. The average Bonchev–Trinajstić information content (AvgIpc) is 2.57. The molecular weight excluding hydrogens is 310 g/mol. The molecule has 0 bridgehead atoms. The number of anilines is 1. The Balaban J connectivity index is 2.36. The van der Waals surface area contributed by atoms with Crippen molar-refractivity contribution in [3.63, 3.8) is 0 Å². The van der Waals surface area contributed by atoms with Crippen LogP contribution >= 0.6 is 0 Å². The Kier molecular flexibility index (Phi) is 5.18. The molecule has 2 N–H and O–H groups in total. The SMILES string of the molecule is COc1cc(C(=O)Nc2cc(C)c(O)c(C)c2)cc(OC)c1OC. The Morgan fingerprint density at radius 3 is 1.83 bits per heavy atom. The molecule has 0 aliphatic rings. The van der Waals surface area contributed by atoms with E-state index in [1.807, 2.05) is 0 Å². The van der Waals surface area contributed by atoms with E-state index in [2.05, 4.69) is 5.32 Å². The summed E-state index contributed by atoms with van der Waals surface area (Å²) < 4.78 is 15.8. The lowest BCUT2D eigenvalue weighted by Crippen LogP contribution is -2.13. The van der Waals surface area contributed by atoms with Gasteiger partial charge in [0, 0.05) is 11.3 Å². The molecule has 1 amide bonds. The highest BCUT2D eigenvalue weighted by Crippen LogP contribution is 2.38. The molecule has 2 aromatic carbocycles. The third-order valence-electron chi connectivity index (χ3n) is 3.68. The molecule has 0 saturated carbocycles. The van der Waals surface area contributed by atoms with Crippen LogP contribution in [0.4, 0.5) is 5.69 Å². The Hall–Kier alpha value is -2.89. The molecule has 6 heteroatoms. The van der Waals surface area contributed by atoms with Gasteiger partial charge in [-0.2, -0.15) is 0 Å². The summed E-state index contributed by atoms with van der Waals surface area (Å²) in [5.41, 5.74) is 2.35. The van der Waals surface area contributed by atoms with E-state index >= 15 is 0 Å². The van der Waals surface area contributed by atoms with Gasteiger partial charge in [-0.3, -0.25) is 4.79 Å². The largest absolute Gasteiger partial charge is 0.507 e. The van der Waals surface area contributed by atoms with Gasteiger partial charge in [-0.25, -0.2) is 0 Å². The van der Waals surface area contributed by atoms with Gasteiger partial charge in [0.15, 0.2) is 11.5 Å².